The van der Waals surface area contributed by atoms with E-state index in [0.717, 1.165) is 24.8 Å². The Morgan fingerprint density at radius 2 is 1.55 bits per heavy atom. The molecule has 12 atom stereocenters. The van der Waals surface area contributed by atoms with Gasteiger partial charge in [-0.15, -0.1) is 0 Å². The summed E-state index contributed by atoms with van der Waals surface area (Å²) in [6, 6.07) is 0. The van der Waals surface area contributed by atoms with Crippen LogP contribution < -0.4 is 0 Å². The molecule has 0 amide bonds. The summed E-state index contributed by atoms with van der Waals surface area (Å²) < 4.78 is 0. The quantitative estimate of drug-likeness (QED) is 0.436. The van der Waals surface area contributed by atoms with Crippen molar-refractivity contribution in [3.8, 4) is 0 Å². The van der Waals surface area contributed by atoms with Crippen molar-refractivity contribution in [1.82, 2.24) is 0 Å². The van der Waals surface area contributed by atoms with Crippen molar-refractivity contribution in [3.63, 3.8) is 0 Å². The molecule has 0 aliphatic heterocycles. The maximum Gasteiger partial charge on any atom is 0.101 e. The lowest BCUT2D eigenvalue weighted by Crippen LogP contribution is -2.57. The lowest BCUT2D eigenvalue weighted by molar-refractivity contribution is -0.162. The molecule has 0 saturated heterocycles. The molecule has 33 heavy (non-hydrogen) atoms. The molecule has 190 valence electrons. The lowest BCUT2D eigenvalue weighted by atomic mass is 9.44. The SMILES string of the molecule is C/C=C(\C(C)C)C(O)C(O)C(C)C1CCC2C3CCC4CC(O)C(O)CC4(C)C3CCC12C. The molecule has 4 aliphatic rings. The summed E-state index contributed by atoms with van der Waals surface area (Å²) >= 11 is 0. The van der Waals surface area contributed by atoms with Gasteiger partial charge in [0.05, 0.1) is 18.3 Å². The Labute approximate surface area is 201 Å². The fourth-order valence-electron chi connectivity index (χ4n) is 9.75. The zero-order valence-electron chi connectivity index (χ0n) is 21.9. The highest BCUT2D eigenvalue weighted by Gasteiger charge is 2.61. The predicted molar refractivity (Wildman–Crippen MR) is 132 cm³/mol. The van der Waals surface area contributed by atoms with E-state index in [1.165, 1.54) is 32.1 Å². The van der Waals surface area contributed by atoms with Crippen LogP contribution in [0.25, 0.3) is 0 Å². The van der Waals surface area contributed by atoms with Crippen molar-refractivity contribution < 1.29 is 20.4 Å². The molecule has 0 heterocycles. The van der Waals surface area contributed by atoms with Gasteiger partial charge in [0, 0.05) is 0 Å². The van der Waals surface area contributed by atoms with Crippen LogP contribution in [-0.2, 0) is 0 Å². The van der Waals surface area contributed by atoms with Crippen molar-refractivity contribution in [2.45, 2.75) is 117 Å². The number of aliphatic hydroxyl groups is 4. The van der Waals surface area contributed by atoms with Crippen molar-refractivity contribution in [1.29, 1.82) is 0 Å². The van der Waals surface area contributed by atoms with Gasteiger partial charge in [-0.3, -0.25) is 0 Å². The van der Waals surface area contributed by atoms with Gasteiger partial charge in [-0.2, -0.15) is 0 Å². The first kappa shape index (κ1) is 25.7. The summed E-state index contributed by atoms with van der Waals surface area (Å²) in [5.41, 5.74) is 1.30. The zero-order valence-corrected chi connectivity index (χ0v) is 21.9. The summed E-state index contributed by atoms with van der Waals surface area (Å²) in [6.07, 6.45) is 8.01. The maximum absolute atomic E-state index is 11.2. The Kier molecular flexibility index (Phi) is 7.17. The van der Waals surface area contributed by atoms with Gasteiger partial charge in [-0.05, 0) is 116 Å². The summed E-state index contributed by atoms with van der Waals surface area (Å²) in [6.45, 7) is 13.2. The van der Waals surface area contributed by atoms with E-state index in [4.69, 9.17) is 0 Å². The van der Waals surface area contributed by atoms with Gasteiger partial charge in [0.25, 0.3) is 0 Å². The topological polar surface area (TPSA) is 80.9 Å². The van der Waals surface area contributed by atoms with E-state index in [1.54, 1.807) is 0 Å². The highest BCUT2D eigenvalue weighted by molar-refractivity contribution is 5.15. The highest BCUT2D eigenvalue weighted by Crippen LogP contribution is 2.68. The third kappa shape index (κ3) is 4.05. The van der Waals surface area contributed by atoms with Crippen molar-refractivity contribution in [2.24, 2.45) is 52.3 Å². The second-order valence-electron chi connectivity index (χ2n) is 13.2. The van der Waals surface area contributed by atoms with Crippen molar-refractivity contribution >= 4 is 0 Å². The Hall–Kier alpha value is -0.420. The van der Waals surface area contributed by atoms with Gasteiger partial charge in [0.1, 0.15) is 6.10 Å². The fraction of sp³-hybridized carbons (Fsp3) is 0.931. The van der Waals surface area contributed by atoms with Gasteiger partial charge in [-0.25, -0.2) is 0 Å². The van der Waals surface area contributed by atoms with E-state index in [2.05, 4.69) is 34.6 Å². The second-order valence-corrected chi connectivity index (χ2v) is 13.2. The maximum atomic E-state index is 11.2. The van der Waals surface area contributed by atoms with E-state index >= 15 is 0 Å². The fourth-order valence-corrected chi connectivity index (χ4v) is 9.75. The van der Waals surface area contributed by atoms with Crippen LogP contribution in [-0.4, -0.2) is 44.8 Å². The molecule has 4 rings (SSSR count). The molecule has 0 aromatic carbocycles. The van der Waals surface area contributed by atoms with Crippen LogP contribution in [0.15, 0.2) is 11.6 Å². The summed E-state index contributed by atoms with van der Waals surface area (Å²) in [5.74, 6) is 3.26. The minimum absolute atomic E-state index is 0.0684. The number of hydrogen-bond donors (Lipinski definition) is 4. The molecular formula is C29H50O4. The average Bonchev–Trinajstić information content (AvgIpc) is 3.11. The van der Waals surface area contributed by atoms with Crippen molar-refractivity contribution in [3.05, 3.63) is 11.6 Å². The second kappa shape index (κ2) is 9.22. The molecule has 0 spiro atoms. The number of aliphatic hydroxyl groups excluding tert-OH is 4. The van der Waals surface area contributed by atoms with Gasteiger partial charge in [-0.1, -0.05) is 40.7 Å². The lowest BCUT2D eigenvalue weighted by Gasteiger charge is -2.61. The molecule has 4 aliphatic carbocycles. The van der Waals surface area contributed by atoms with Crippen LogP contribution >= 0.6 is 0 Å². The molecular weight excluding hydrogens is 412 g/mol. The Balaban J connectivity index is 1.53. The summed E-state index contributed by atoms with van der Waals surface area (Å²) in [4.78, 5) is 0. The normalized spacial score (nSPS) is 48.6. The third-order valence-electron chi connectivity index (χ3n) is 11.6. The summed E-state index contributed by atoms with van der Waals surface area (Å²) in [7, 11) is 0. The Morgan fingerprint density at radius 1 is 0.879 bits per heavy atom. The molecule has 0 radical (unpaired) electrons. The van der Waals surface area contributed by atoms with E-state index in [0.29, 0.717) is 29.6 Å². The Bertz CT molecular complexity index is 733. The molecule has 4 nitrogen and oxygen atoms in total. The first-order chi connectivity index (χ1) is 15.5. The zero-order chi connectivity index (χ0) is 24.3. The molecule has 0 aromatic heterocycles. The largest absolute Gasteiger partial charge is 0.390 e. The molecule has 4 saturated carbocycles. The van der Waals surface area contributed by atoms with Crippen LogP contribution in [0.2, 0.25) is 0 Å². The number of fused-ring (bicyclic) bond motifs is 5. The van der Waals surface area contributed by atoms with Crippen LogP contribution in [0, 0.1) is 52.3 Å². The standard InChI is InChI=1S/C29H50O4/c1-7-19(16(2)3)27(33)26(32)17(4)21-10-11-22-20-9-8-18-14-24(30)25(31)15-29(18,6)23(20)12-13-28(21,22)5/h7,16-18,20-27,30-33H,8-15H2,1-6H3/b19-7+. The third-order valence-corrected chi connectivity index (χ3v) is 11.6. The van der Waals surface area contributed by atoms with Gasteiger partial charge in [0.15, 0.2) is 0 Å². The van der Waals surface area contributed by atoms with Crippen LogP contribution in [0.5, 0.6) is 0 Å². The molecule has 0 aromatic rings. The molecule has 4 fully saturated rings. The van der Waals surface area contributed by atoms with Gasteiger partial charge in [0.2, 0.25) is 0 Å². The van der Waals surface area contributed by atoms with Crippen molar-refractivity contribution in [2.75, 3.05) is 0 Å². The van der Waals surface area contributed by atoms with Gasteiger partial charge >= 0.3 is 0 Å². The highest BCUT2D eigenvalue weighted by atomic mass is 16.3. The molecule has 4 heteroatoms. The number of rotatable bonds is 5. The van der Waals surface area contributed by atoms with E-state index in [-0.39, 0.29) is 22.7 Å². The van der Waals surface area contributed by atoms with Gasteiger partial charge < -0.3 is 20.4 Å². The molecule has 0 bridgehead atoms. The monoisotopic (exact) mass is 462 g/mol. The first-order valence-electron chi connectivity index (χ1n) is 13.8. The number of allylic oxidation sites excluding steroid dienone is 1. The van der Waals surface area contributed by atoms with E-state index < -0.39 is 24.4 Å². The van der Waals surface area contributed by atoms with Crippen LogP contribution in [0.4, 0.5) is 0 Å². The minimum atomic E-state index is -0.784. The number of hydrogen-bond acceptors (Lipinski definition) is 4. The molecule has 12 unspecified atom stereocenters. The predicted octanol–water partition coefficient (Wildman–Crippen LogP) is 4.94. The average molecular weight is 463 g/mol. The van der Waals surface area contributed by atoms with Crippen LogP contribution in [0.1, 0.15) is 92.9 Å². The summed E-state index contributed by atoms with van der Waals surface area (Å²) in [5, 5.41) is 43.1. The Morgan fingerprint density at radius 3 is 2.18 bits per heavy atom. The van der Waals surface area contributed by atoms with E-state index in [9.17, 15) is 20.4 Å². The van der Waals surface area contributed by atoms with Crippen LogP contribution in [0.3, 0.4) is 0 Å². The molecule has 4 N–H and O–H groups in total. The minimum Gasteiger partial charge on any atom is -0.390 e. The smallest absolute Gasteiger partial charge is 0.101 e. The van der Waals surface area contributed by atoms with E-state index in [1.807, 2.05) is 13.0 Å². The first-order valence-corrected chi connectivity index (χ1v) is 13.8.